The van der Waals surface area contributed by atoms with E-state index in [9.17, 15) is 13.2 Å². The summed E-state index contributed by atoms with van der Waals surface area (Å²) >= 11 is 0. The van der Waals surface area contributed by atoms with Crippen molar-refractivity contribution in [3.63, 3.8) is 0 Å². The van der Waals surface area contributed by atoms with Gasteiger partial charge in [-0.25, -0.2) is 13.2 Å². The minimum Gasteiger partial charge on any atom is -0.298 e. The van der Waals surface area contributed by atoms with Gasteiger partial charge in [0.1, 0.15) is 5.82 Å². The Morgan fingerprint density at radius 1 is 1.33 bits per heavy atom. The number of halogens is 3. The number of nitrogens with one attached hydrogen (secondary N) is 1. The van der Waals surface area contributed by atoms with Crippen LogP contribution in [-0.4, -0.2) is 28.2 Å². The zero-order valence-electron chi connectivity index (χ0n) is 11.7. The predicted octanol–water partition coefficient (Wildman–Crippen LogP) is 3.12. The molecule has 0 amide bonds. The molecule has 1 N–H and O–H groups in total. The summed E-state index contributed by atoms with van der Waals surface area (Å²) in [5.74, 6) is -2.95. The molecule has 1 atom stereocenters. The van der Waals surface area contributed by atoms with Crippen LogP contribution < -0.4 is 0 Å². The number of nitrogens with zero attached hydrogens (tertiary/aromatic N) is 2. The standard InChI is InChI=1S/C15H16F3N3/c1-9-11(6-19-20-9)8-21-3-2-10(7-21)13-4-12(16)5-14(17)15(13)18/h4-6,10H,2-3,7-8H2,1H3,(H,19,20). The van der Waals surface area contributed by atoms with E-state index < -0.39 is 17.5 Å². The minimum absolute atomic E-state index is 0.138. The fraction of sp³-hybridized carbons (Fsp3) is 0.400. The van der Waals surface area contributed by atoms with Crippen molar-refractivity contribution in [2.24, 2.45) is 0 Å². The van der Waals surface area contributed by atoms with Crippen molar-refractivity contribution >= 4 is 0 Å². The molecule has 1 aliphatic heterocycles. The summed E-state index contributed by atoms with van der Waals surface area (Å²) in [7, 11) is 0. The molecule has 2 aromatic rings. The first kappa shape index (κ1) is 14.1. The maximum Gasteiger partial charge on any atom is 0.162 e. The van der Waals surface area contributed by atoms with Gasteiger partial charge < -0.3 is 0 Å². The Kier molecular flexibility index (Phi) is 3.71. The number of hydrogen-bond acceptors (Lipinski definition) is 2. The van der Waals surface area contributed by atoms with Gasteiger partial charge in [-0.15, -0.1) is 0 Å². The molecule has 0 radical (unpaired) electrons. The first-order chi connectivity index (χ1) is 10.0. The smallest absolute Gasteiger partial charge is 0.162 e. The number of aromatic nitrogens is 2. The van der Waals surface area contributed by atoms with Gasteiger partial charge in [0.2, 0.25) is 0 Å². The summed E-state index contributed by atoms with van der Waals surface area (Å²) < 4.78 is 40.4. The van der Waals surface area contributed by atoms with Crippen molar-refractivity contribution in [1.82, 2.24) is 15.1 Å². The van der Waals surface area contributed by atoms with Crippen LogP contribution in [0.1, 0.15) is 29.2 Å². The molecule has 6 heteroatoms. The van der Waals surface area contributed by atoms with Crippen molar-refractivity contribution in [3.05, 3.63) is 52.6 Å². The number of benzene rings is 1. The highest BCUT2D eigenvalue weighted by molar-refractivity contribution is 5.26. The van der Waals surface area contributed by atoms with Crippen LogP contribution in [0.5, 0.6) is 0 Å². The van der Waals surface area contributed by atoms with Crippen LogP contribution in [0.25, 0.3) is 0 Å². The maximum absolute atomic E-state index is 13.8. The predicted molar refractivity (Wildman–Crippen MR) is 72.3 cm³/mol. The van der Waals surface area contributed by atoms with Crippen LogP contribution in [0.3, 0.4) is 0 Å². The highest BCUT2D eigenvalue weighted by Gasteiger charge is 2.28. The molecule has 1 aromatic carbocycles. The van der Waals surface area contributed by atoms with E-state index in [1.807, 2.05) is 6.92 Å². The minimum atomic E-state index is -1.12. The Balaban J connectivity index is 1.74. The second-order valence-electron chi connectivity index (χ2n) is 5.53. The third-order valence-corrected chi connectivity index (χ3v) is 4.06. The summed E-state index contributed by atoms with van der Waals surface area (Å²) in [5, 5.41) is 6.84. The molecular formula is C15H16F3N3. The molecule has 0 saturated carbocycles. The molecular weight excluding hydrogens is 279 g/mol. The zero-order valence-corrected chi connectivity index (χ0v) is 11.7. The number of hydrogen-bond donors (Lipinski definition) is 1. The second kappa shape index (κ2) is 5.52. The Morgan fingerprint density at radius 2 is 2.14 bits per heavy atom. The molecule has 3 rings (SSSR count). The number of H-pyrrole nitrogens is 1. The largest absolute Gasteiger partial charge is 0.298 e. The molecule has 112 valence electrons. The molecule has 2 heterocycles. The monoisotopic (exact) mass is 295 g/mol. The van der Waals surface area contributed by atoms with Crippen LogP contribution in [0.2, 0.25) is 0 Å². The molecule has 1 fully saturated rings. The molecule has 0 bridgehead atoms. The van der Waals surface area contributed by atoms with Crippen molar-refractivity contribution in [2.45, 2.75) is 25.8 Å². The fourth-order valence-electron chi connectivity index (χ4n) is 2.88. The third-order valence-electron chi connectivity index (χ3n) is 4.06. The number of aryl methyl sites for hydroxylation is 1. The summed E-state index contributed by atoms with van der Waals surface area (Å²) in [6.45, 7) is 4.01. The Labute approximate surface area is 120 Å². The maximum atomic E-state index is 13.8. The lowest BCUT2D eigenvalue weighted by Crippen LogP contribution is -2.20. The SMILES string of the molecule is Cc1[nH]ncc1CN1CCC(c2cc(F)cc(F)c2F)C1. The molecule has 21 heavy (non-hydrogen) atoms. The molecule has 1 saturated heterocycles. The number of likely N-dealkylation sites (tertiary alicyclic amines) is 1. The molecule has 1 aliphatic rings. The highest BCUT2D eigenvalue weighted by Crippen LogP contribution is 2.31. The molecule has 3 nitrogen and oxygen atoms in total. The van der Waals surface area contributed by atoms with Crippen LogP contribution in [0.15, 0.2) is 18.3 Å². The lowest BCUT2D eigenvalue weighted by Gasteiger charge is -2.16. The quantitative estimate of drug-likeness (QED) is 0.882. The topological polar surface area (TPSA) is 31.9 Å². The lowest BCUT2D eigenvalue weighted by molar-refractivity contribution is 0.325. The first-order valence-corrected chi connectivity index (χ1v) is 6.90. The Morgan fingerprint density at radius 3 is 2.86 bits per heavy atom. The lowest BCUT2D eigenvalue weighted by atomic mass is 9.97. The summed E-state index contributed by atoms with van der Waals surface area (Å²) in [6.07, 6.45) is 2.46. The van der Waals surface area contributed by atoms with E-state index in [2.05, 4.69) is 15.1 Å². The van der Waals surface area contributed by atoms with Gasteiger partial charge in [-0.3, -0.25) is 10.00 Å². The van der Waals surface area contributed by atoms with Crippen LogP contribution in [0, 0.1) is 24.4 Å². The summed E-state index contributed by atoms with van der Waals surface area (Å²) in [6, 6.07) is 1.69. The highest BCUT2D eigenvalue weighted by atomic mass is 19.2. The van der Waals surface area contributed by atoms with E-state index in [0.717, 1.165) is 23.9 Å². The van der Waals surface area contributed by atoms with Crippen LogP contribution in [0.4, 0.5) is 13.2 Å². The second-order valence-corrected chi connectivity index (χ2v) is 5.53. The Bertz CT molecular complexity index is 654. The van der Waals surface area contributed by atoms with Crippen molar-refractivity contribution in [1.29, 1.82) is 0 Å². The fourth-order valence-corrected chi connectivity index (χ4v) is 2.88. The average molecular weight is 295 g/mol. The van der Waals surface area contributed by atoms with E-state index >= 15 is 0 Å². The van der Waals surface area contributed by atoms with Gasteiger partial charge in [-0.2, -0.15) is 5.10 Å². The van der Waals surface area contributed by atoms with E-state index in [4.69, 9.17) is 0 Å². The van der Waals surface area contributed by atoms with Gasteiger partial charge in [0.25, 0.3) is 0 Å². The number of aromatic amines is 1. The van der Waals surface area contributed by atoms with Gasteiger partial charge in [-0.05, 0) is 31.5 Å². The van der Waals surface area contributed by atoms with Crippen molar-refractivity contribution < 1.29 is 13.2 Å². The van der Waals surface area contributed by atoms with Crippen molar-refractivity contribution in [3.8, 4) is 0 Å². The summed E-state index contributed by atoms with van der Waals surface area (Å²) in [4.78, 5) is 2.14. The van der Waals surface area contributed by atoms with Gasteiger partial charge in [0.15, 0.2) is 11.6 Å². The molecule has 1 unspecified atom stereocenters. The molecule has 0 spiro atoms. The molecule has 1 aromatic heterocycles. The van der Waals surface area contributed by atoms with E-state index in [0.29, 0.717) is 25.6 Å². The Hall–Kier alpha value is -1.82. The third kappa shape index (κ3) is 2.81. The van der Waals surface area contributed by atoms with Gasteiger partial charge >= 0.3 is 0 Å². The molecule has 0 aliphatic carbocycles. The van der Waals surface area contributed by atoms with Crippen LogP contribution >= 0.6 is 0 Å². The van der Waals surface area contributed by atoms with E-state index in [1.54, 1.807) is 6.20 Å². The summed E-state index contributed by atoms with van der Waals surface area (Å²) in [5.41, 5.74) is 2.22. The van der Waals surface area contributed by atoms with Crippen LogP contribution in [-0.2, 0) is 6.54 Å². The van der Waals surface area contributed by atoms with Gasteiger partial charge in [0.05, 0.1) is 6.20 Å². The first-order valence-electron chi connectivity index (χ1n) is 6.90. The average Bonchev–Trinajstić information content (AvgIpc) is 3.05. The zero-order chi connectivity index (χ0) is 15.0. The van der Waals surface area contributed by atoms with Crippen molar-refractivity contribution in [2.75, 3.05) is 13.1 Å². The van der Waals surface area contributed by atoms with Gasteiger partial charge in [0, 0.05) is 36.3 Å². The number of rotatable bonds is 3. The normalized spacial score (nSPS) is 19.3. The van der Waals surface area contributed by atoms with Gasteiger partial charge in [-0.1, -0.05) is 0 Å². The van der Waals surface area contributed by atoms with E-state index in [1.165, 1.54) is 0 Å². The van der Waals surface area contributed by atoms with E-state index in [-0.39, 0.29) is 11.5 Å².